The van der Waals surface area contributed by atoms with Gasteiger partial charge in [-0.25, -0.2) is 18.4 Å². The summed E-state index contributed by atoms with van der Waals surface area (Å²) in [5.41, 5.74) is -1.45. The average molecular weight is 269 g/mol. The van der Waals surface area contributed by atoms with E-state index in [0.29, 0.717) is 6.07 Å². The van der Waals surface area contributed by atoms with Crippen LogP contribution in [0.3, 0.4) is 0 Å². The number of hydrogen-bond acceptors (Lipinski definition) is 4. The molecule has 0 unspecified atom stereocenters. The molecular weight excluding hydrogens is 264 g/mol. The van der Waals surface area contributed by atoms with Crippen LogP contribution in [-0.4, -0.2) is 27.3 Å². The van der Waals surface area contributed by atoms with E-state index in [2.05, 4.69) is 9.68 Å². The molecule has 0 amide bonds. The molecule has 2 rings (SSSR count). The lowest BCUT2D eigenvalue weighted by atomic mass is 10.1. The van der Waals surface area contributed by atoms with Crippen molar-refractivity contribution in [2.24, 2.45) is 0 Å². The van der Waals surface area contributed by atoms with Crippen LogP contribution in [0.2, 0.25) is 0 Å². The molecule has 0 bridgehead atoms. The average Bonchev–Trinajstić information content (AvgIpc) is 2.81. The minimum atomic E-state index is -1.66. The molecule has 6 nitrogen and oxygen atoms in total. The summed E-state index contributed by atoms with van der Waals surface area (Å²) in [7, 11) is 0. The first kappa shape index (κ1) is 12.7. The lowest BCUT2D eigenvalue weighted by Gasteiger charge is -2.02. The van der Waals surface area contributed by atoms with E-state index in [-0.39, 0.29) is 11.3 Å². The molecule has 0 aliphatic rings. The monoisotopic (exact) mass is 269 g/mol. The fourth-order valence-corrected chi connectivity index (χ4v) is 1.40. The number of carbonyl (C=O) groups is 2. The molecule has 2 aromatic rings. The van der Waals surface area contributed by atoms with E-state index in [1.54, 1.807) is 0 Å². The molecule has 0 fully saturated rings. The van der Waals surface area contributed by atoms with Crippen LogP contribution < -0.4 is 0 Å². The molecule has 0 saturated carbocycles. The van der Waals surface area contributed by atoms with E-state index in [1.165, 1.54) is 0 Å². The van der Waals surface area contributed by atoms with Gasteiger partial charge in [0.1, 0.15) is 0 Å². The van der Waals surface area contributed by atoms with Gasteiger partial charge in [-0.3, -0.25) is 0 Å². The Morgan fingerprint density at radius 2 is 1.79 bits per heavy atom. The summed E-state index contributed by atoms with van der Waals surface area (Å²) in [4.78, 5) is 21.3. The van der Waals surface area contributed by atoms with Crippen LogP contribution in [0.1, 0.15) is 20.8 Å². The highest BCUT2D eigenvalue weighted by atomic mass is 19.2. The molecule has 8 heteroatoms. The first-order valence-corrected chi connectivity index (χ1v) is 4.83. The highest BCUT2D eigenvalue weighted by Gasteiger charge is 2.19. The van der Waals surface area contributed by atoms with Crippen LogP contribution >= 0.6 is 0 Å². The summed E-state index contributed by atoms with van der Waals surface area (Å²) in [6.07, 6.45) is 0. The number of benzene rings is 1. The van der Waals surface area contributed by atoms with Crippen molar-refractivity contribution in [3.63, 3.8) is 0 Å². The number of aromatic carboxylic acids is 2. The third kappa shape index (κ3) is 2.28. The summed E-state index contributed by atoms with van der Waals surface area (Å²) in [6, 6.07) is 2.49. The van der Waals surface area contributed by atoms with Crippen LogP contribution in [-0.2, 0) is 0 Å². The second kappa shape index (κ2) is 4.48. The van der Waals surface area contributed by atoms with E-state index in [4.69, 9.17) is 10.2 Å². The van der Waals surface area contributed by atoms with Gasteiger partial charge in [-0.05, 0) is 12.1 Å². The van der Waals surface area contributed by atoms with Crippen molar-refractivity contribution >= 4 is 11.9 Å². The molecule has 0 saturated heterocycles. The van der Waals surface area contributed by atoms with E-state index in [0.717, 1.165) is 12.1 Å². The lowest BCUT2D eigenvalue weighted by Crippen LogP contribution is -2.03. The Morgan fingerprint density at radius 1 is 1.11 bits per heavy atom. The number of hydrogen-bond donors (Lipinski definition) is 2. The van der Waals surface area contributed by atoms with Crippen LogP contribution in [0, 0.1) is 11.6 Å². The van der Waals surface area contributed by atoms with Gasteiger partial charge in [0.15, 0.2) is 23.1 Å². The van der Waals surface area contributed by atoms with Crippen molar-refractivity contribution < 1.29 is 33.1 Å². The van der Waals surface area contributed by atoms with Gasteiger partial charge in [-0.2, -0.15) is 0 Å². The summed E-state index contributed by atoms with van der Waals surface area (Å²) < 4.78 is 31.0. The van der Waals surface area contributed by atoms with Gasteiger partial charge in [-0.1, -0.05) is 5.16 Å². The minimum Gasteiger partial charge on any atom is -0.478 e. The zero-order chi connectivity index (χ0) is 14.2. The molecule has 1 heterocycles. The van der Waals surface area contributed by atoms with Crippen LogP contribution in [0.5, 0.6) is 0 Å². The maximum atomic E-state index is 13.2. The highest BCUT2D eigenvalue weighted by Crippen LogP contribution is 2.25. The predicted octanol–water partition coefficient (Wildman–Crippen LogP) is 2.02. The molecule has 1 aromatic carbocycles. The molecule has 0 atom stereocenters. The Bertz CT molecular complexity index is 680. The van der Waals surface area contributed by atoms with Crippen LogP contribution in [0.15, 0.2) is 22.7 Å². The Kier molecular flexibility index (Phi) is 2.99. The maximum Gasteiger partial charge on any atom is 0.358 e. The third-order valence-corrected chi connectivity index (χ3v) is 2.27. The second-order valence-electron chi connectivity index (χ2n) is 3.51. The van der Waals surface area contributed by atoms with Crippen molar-refractivity contribution in [3.8, 4) is 11.3 Å². The third-order valence-electron chi connectivity index (χ3n) is 2.27. The van der Waals surface area contributed by atoms with Gasteiger partial charge < -0.3 is 14.7 Å². The summed E-state index contributed by atoms with van der Waals surface area (Å²) in [6.45, 7) is 0. The van der Waals surface area contributed by atoms with Gasteiger partial charge in [0.05, 0.1) is 5.56 Å². The Hall–Kier alpha value is -2.77. The number of carboxylic acids is 2. The largest absolute Gasteiger partial charge is 0.478 e. The van der Waals surface area contributed by atoms with Gasteiger partial charge in [0.25, 0.3) is 0 Å². The van der Waals surface area contributed by atoms with E-state index >= 15 is 0 Å². The smallest absolute Gasteiger partial charge is 0.358 e. The number of rotatable bonds is 3. The molecule has 19 heavy (non-hydrogen) atoms. The number of nitrogens with zero attached hydrogens (tertiary/aromatic N) is 1. The molecular formula is C11H5F2NO5. The van der Waals surface area contributed by atoms with E-state index < -0.39 is 34.8 Å². The van der Waals surface area contributed by atoms with Gasteiger partial charge in [0.2, 0.25) is 0 Å². The van der Waals surface area contributed by atoms with Crippen molar-refractivity contribution in [2.45, 2.75) is 0 Å². The Balaban J connectivity index is 2.56. The van der Waals surface area contributed by atoms with Crippen molar-refractivity contribution in [2.75, 3.05) is 0 Å². The fourth-order valence-electron chi connectivity index (χ4n) is 1.40. The lowest BCUT2D eigenvalue weighted by molar-refractivity contribution is 0.0677. The fraction of sp³-hybridized carbons (Fsp3) is 0. The van der Waals surface area contributed by atoms with Gasteiger partial charge in [0, 0.05) is 11.6 Å². The first-order chi connectivity index (χ1) is 8.90. The van der Waals surface area contributed by atoms with Crippen molar-refractivity contribution in [1.29, 1.82) is 0 Å². The Labute approximate surface area is 103 Å². The maximum absolute atomic E-state index is 13.2. The summed E-state index contributed by atoms with van der Waals surface area (Å²) >= 11 is 0. The minimum absolute atomic E-state index is 0.128. The molecule has 2 N–H and O–H groups in total. The zero-order valence-electron chi connectivity index (χ0n) is 9.05. The number of carboxylic acid groups (broad SMARTS) is 2. The van der Waals surface area contributed by atoms with Gasteiger partial charge in [-0.15, -0.1) is 0 Å². The molecule has 98 valence electrons. The zero-order valence-corrected chi connectivity index (χ0v) is 9.05. The number of aromatic nitrogens is 1. The Morgan fingerprint density at radius 3 is 2.32 bits per heavy atom. The molecule has 0 aliphatic heterocycles. The molecule has 0 spiro atoms. The number of halogens is 2. The SMILES string of the molecule is O=C(O)c1cc(-c2cc(F)c(F)c(C(=O)O)c2)on1. The quantitative estimate of drug-likeness (QED) is 0.883. The molecule has 1 aromatic heterocycles. The molecule has 0 radical (unpaired) electrons. The van der Waals surface area contributed by atoms with Crippen LogP contribution in [0.4, 0.5) is 8.78 Å². The summed E-state index contributed by atoms with van der Waals surface area (Å²) in [5, 5.41) is 20.5. The second-order valence-corrected chi connectivity index (χ2v) is 3.51. The molecule has 0 aliphatic carbocycles. The normalized spacial score (nSPS) is 10.4. The van der Waals surface area contributed by atoms with Gasteiger partial charge >= 0.3 is 11.9 Å². The topological polar surface area (TPSA) is 101 Å². The van der Waals surface area contributed by atoms with Crippen LogP contribution in [0.25, 0.3) is 11.3 Å². The first-order valence-electron chi connectivity index (χ1n) is 4.83. The predicted molar refractivity (Wildman–Crippen MR) is 55.8 cm³/mol. The van der Waals surface area contributed by atoms with E-state index in [1.807, 2.05) is 0 Å². The van der Waals surface area contributed by atoms with Crippen molar-refractivity contribution in [1.82, 2.24) is 5.16 Å². The highest BCUT2D eigenvalue weighted by molar-refractivity contribution is 5.90. The standard InChI is InChI=1S/C11H5F2NO5/c12-6-2-4(1-5(9(6)13)10(15)16)8-3-7(11(17)18)14-19-8/h1-3H,(H,15,16)(H,17,18). The van der Waals surface area contributed by atoms with E-state index in [9.17, 15) is 18.4 Å². The van der Waals surface area contributed by atoms with Crippen molar-refractivity contribution in [3.05, 3.63) is 41.1 Å². The summed E-state index contributed by atoms with van der Waals surface area (Å²) in [5.74, 6) is -6.09.